The van der Waals surface area contributed by atoms with E-state index in [1.54, 1.807) is 10.7 Å². The molecule has 1 aromatic carbocycles. The van der Waals surface area contributed by atoms with E-state index in [0.717, 1.165) is 20.3 Å². The molecule has 0 aliphatic heterocycles. The van der Waals surface area contributed by atoms with Crippen LogP contribution in [0, 0.1) is 12.7 Å². The average Bonchev–Trinajstić information content (AvgIpc) is 2.56. The predicted octanol–water partition coefficient (Wildman–Crippen LogP) is 4.54. The zero-order valence-electron chi connectivity index (χ0n) is 9.47. The van der Waals surface area contributed by atoms with Crippen molar-refractivity contribution in [2.75, 3.05) is 0 Å². The first-order valence-electron chi connectivity index (χ1n) is 5.23. The van der Waals surface area contributed by atoms with Gasteiger partial charge >= 0.3 is 0 Å². The minimum atomic E-state index is -0.255. The minimum absolute atomic E-state index is 0.255. The second kappa shape index (κ2) is 4.90. The maximum atomic E-state index is 13.9. The van der Waals surface area contributed by atoms with Crippen LogP contribution in [0.25, 0.3) is 11.3 Å². The first kappa shape index (κ1) is 12.8. The smallest absolute Gasteiger partial charge is 0.133 e. The highest BCUT2D eigenvalue weighted by Crippen LogP contribution is 2.33. The molecule has 1 aromatic heterocycles. The number of halogens is 3. The van der Waals surface area contributed by atoms with E-state index in [2.05, 4.69) is 37.0 Å². The quantitative estimate of drug-likeness (QED) is 0.767. The fourth-order valence-electron chi connectivity index (χ4n) is 1.73. The summed E-state index contributed by atoms with van der Waals surface area (Å²) in [6.07, 6.45) is 0. The van der Waals surface area contributed by atoms with Crippen molar-refractivity contribution in [1.82, 2.24) is 9.78 Å². The third-order valence-electron chi connectivity index (χ3n) is 2.54. The van der Waals surface area contributed by atoms with Gasteiger partial charge in [-0.1, -0.05) is 15.9 Å². The minimum Gasteiger partial charge on any atom is -0.264 e. The van der Waals surface area contributed by atoms with Crippen molar-refractivity contribution in [3.8, 4) is 11.3 Å². The second-order valence-electron chi connectivity index (χ2n) is 3.69. The van der Waals surface area contributed by atoms with Crippen LogP contribution in [0.4, 0.5) is 4.39 Å². The Morgan fingerprint density at radius 2 is 2.06 bits per heavy atom. The van der Waals surface area contributed by atoms with Gasteiger partial charge in [0.15, 0.2) is 0 Å². The topological polar surface area (TPSA) is 17.8 Å². The summed E-state index contributed by atoms with van der Waals surface area (Å²) in [7, 11) is 0. The molecule has 0 saturated heterocycles. The van der Waals surface area contributed by atoms with Gasteiger partial charge in [-0.3, -0.25) is 4.68 Å². The molecule has 2 aromatic rings. The van der Waals surface area contributed by atoms with Crippen molar-refractivity contribution >= 4 is 31.9 Å². The molecule has 0 N–H and O–H groups in total. The van der Waals surface area contributed by atoms with Crippen LogP contribution in [0.15, 0.2) is 27.1 Å². The Hall–Kier alpha value is -0.680. The van der Waals surface area contributed by atoms with Gasteiger partial charge in [0.25, 0.3) is 0 Å². The molecule has 2 nitrogen and oxygen atoms in total. The molecule has 5 heteroatoms. The normalized spacial score (nSPS) is 10.9. The van der Waals surface area contributed by atoms with Gasteiger partial charge in [0.1, 0.15) is 5.82 Å². The molecule has 90 valence electrons. The van der Waals surface area contributed by atoms with Gasteiger partial charge in [-0.2, -0.15) is 5.10 Å². The third kappa shape index (κ3) is 2.31. The van der Waals surface area contributed by atoms with Gasteiger partial charge in [-0.15, -0.1) is 0 Å². The van der Waals surface area contributed by atoms with Crippen LogP contribution >= 0.6 is 31.9 Å². The Bertz CT molecular complexity index is 564. The molecule has 0 spiro atoms. The molecule has 0 fully saturated rings. The summed E-state index contributed by atoms with van der Waals surface area (Å²) >= 11 is 6.72. The summed E-state index contributed by atoms with van der Waals surface area (Å²) in [5.74, 6) is -0.255. The largest absolute Gasteiger partial charge is 0.264 e. The maximum Gasteiger partial charge on any atom is 0.133 e. The highest BCUT2D eigenvalue weighted by Gasteiger charge is 2.17. The molecule has 17 heavy (non-hydrogen) atoms. The monoisotopic (exact) mass is 360 g/mol. The molecule has 0 aliphatic carbocycles. The van der Waals surface area contributed by atoms with Crippen molar-refractivity contribution in [3.63, 3.8) is 0 Å². The zero-order valence-corrected chi connectivity index (χ0v) is 12.6. The summed E-state index contributed by atoms with van der Waals surface area (Å²) in [6, 6.07) is 5.05. The predicted molar refractivity (Wildman–Crippen MR) is 73.4 cm³/mol. The lowest BCUT2D eigenvalue weighted by molar-refractivity contribution is 0.619. The third-order valence-corrected chi connectivity index (χ3v) is 3.98. The zero-order chi connectivity index (χ0) is 12.6. The van der Waals surface area contributed by atoms with Crippen molar-refractivity contribution in [1.29, 1.82) is 0 Å². The Morgan fingerprint density at radius 1 is 1.35 bits per heavy atom. The number of hydrogen-bond acceptors (Lipinski definition) is 1. The summed E-state index contributed by atoms with van der Waals surface area (Å²) in [4.78, 5) is 0. The van der Waals surface area contributed by atoms with Crippen LogP contribution in [-0.2, 0) is 6.54 Å². The molecule has 1 heterocycles. The Morgan fingerprint density at radius 3 is 2.65 bits per heavy atom. The van der Waals surface area contributed by atoms with Gasteiger partial charge in [-0.25, -0.2) is 4.39 Å². The van der Waals surface area contributed by atoms with E-state index in [1.807, 2.05) is 19.9 Å². The number of aryl methyl sites for hydroxylation is 2. The van der Waals surface area contributed by atoms with Gasteiger partial charge in [0, 0.05) is 16.6 Å². The maximum absolute atomic E-state index is 13.9. The van der Waals surface area contributed by atoms with Gasteiger partial charge in [-0.05, 0) is 48.0 Å². The fourth-order valence-corrected chi connectivity index (χ4v) is 2.56. The molecular weight excluding hydrogens is 351 g/mol. The first-order chi connectivity index (χ1) is 8.04. The van der Waals surface area contributed by atoms with E-state index in [1.165, 1.54) is 6.07 Å². The Labute approximate surface area is 116 Å². The van der Waals surface area contributed by atoms with E-state index in [4.69, 9.17) is 0 Å². The summed E-state index contributed by atoms with van der Waals surface area (Å²) in [5.41, 5.74) is 2.21. The number of rotatable bonds is 2. The van der Waals surface area contributed by atoms with Crippen molar-refractivity contribution in [2.45, 2.75) is 20.4 Å². The number of hydrogen-bond donors (Lipinski definition) is 0. The summed E-state index contributed by atoms with van der Waals surface area (Å²) in [5, 5.41) is 4.36. The summed E-state index contributed by atoms with van der Waals surface area (Å²) in [6.45, 7) is 4.59. The van der Waals surface area contributed by atoms with E-state index in [9.17, 15) is 4.39 Å². The van der Waals surface area contributed by atoms with Crippen LogP contribution in [0.5, 0.6) is 0 Å². The molecule has 0 radical (unpaired) electrons. The first-order valence-corrected chi connectivity index (χ1v) is 6.81. The standard InChI is InChI=1S/C12H11Br2FN2/c1-3-17-12(11(14)7(2)16-17)9-5-4-8(13)6-10(9)15/h4-6H,3H2,1-2H3. The van der Waals surface area contributed by atoms with Crippen LogP contribution in [-0.4, -0.2) is 9.78 Å². The number of benzene rings is 1. The van der Waals surface area contributed by atoms with E-state index in [-0.39, 0.29) is 5.82 Å². The second-order valence-corrected chi connectivity index (χ2v) is 5.40. The van der Waals surface area contributed by atoms with E-state index >= 15 is 0 Å². The molecule has 0 saturated carbocycles. The van der Waals surface area contributed by atoms with Crippen molar-refractivity contribution in [3.05, 3.63) is 38.7 Å². The van der Waals surface area contributed by atoms with Crippen LogP contribution in [0.3, 0.4) is 0 Å². The van der Waals surface area contributed by atoms with Gasteiger partial charge in [0.05, 0.1) is 15.9 Å². The SMILES string of the molecule is CCn1nc(C)c(Br)c1-c1ccc(Br)cc1F. The van der Waals surface area contributed by atoms with Crippen LogP contribution in [0.2, 0.25) is 0 Å². The van der Waals surface area contributed by atoms with E-state index in [0.29, 0.717) is 12.1 Å². The Balaban J connectivity index is 2.67. The molecule has 0 atom stereocenters. The van der Waals surface area contributed by atoms with Crippen molar-refractivity contribution < 1.29 is 4.39 Å². The summed E-state index contributed by atoms with van der Waals surface area (Å²) < 4.78 is 17.3. The Kier molecular flexibility index (Phi) is 3.68. The lowest BCUT2D eigenvalue weighted by Crippen LogP contribution is -2.00. The molecule has 0 bridgehead atoms. The van der Waals surface area contributed by atoms with Crippen LogP contribution in [0.1, 0.15) is 12.6 Å². The van der Waals surface area contributed by atoms with Gasteiger partial charge in [0.2, 0.25) is 0 Å². The molecule has 0 amide bonds. The molecule has 0 aliphatic rings. The van der Waals surface area contributed by atoms with Crippen molar-refractivity contribution in [2.24, 2.45) is 0 Å². The lowest BCUT2D eigenvalue weighted by Gasteiger charge is -2.07. The highest BCUT2D eigenvalue weighted by atomic mass is 79.9. The fraction of sp³-hybridized carbons (Fsp3) is 0.250. The molecule has 0 unspecified atom stereocenters. The number of nitrogens with zero attached hydrogens (tertiary/aromatic N) is 2. The number of aromatic nitrogens is 2. The van der Waals surface area contributed by atoms with Gasteiger partial charge < -0.3 is 0 Å². The lowest BCUT2D eigenvalue weighted by atomic mass is 10.1. The molecule has 2 rings (SSSR count). The van der Waals surface area contributed by atoms with Crippen LogP contribution < -0.4 is 0 Å². The average molecular weight is 362 g/mol. The van der Waals surface area contributed by atoms with E-state index < -0.39 is 0 Å². The highest BCUT2D eigenvalue weighted by molar-refractivity contribution is 9.10. The molecular formula is C12H11Br2FN2.